The zero-order valence-corrected chi connectivity index (χ0v) is 13.3. The summed E-state index contributed by atoms with van der Waals surface area (Å²) < 4.78 is 0. The van der Waals surface area contributed by atoms with Gasteiger partial charge in [0, 0.05) is 29.8 Å². The van der Waals surface area contributed by atoms with Crippen LogP contribution in [0.5, 0.6) is 0 Å². The molecule has 2 atom stereocenters. The van der Waals surface area contributed by atoms with Crippen molar-refractivity contribution in [3.63, 3.8) is 0 Å². The summed E-state index contributed by atoms with van der Waals surface area (Å²) >= 11 is 0. The Morgan fingerprint density at radius 3 is 2.78 bits per heavy atom. The molecule has 7 heteroatoms. The second-order valence-electron chi connectivity index (χ2n) is 5.79. The molecule has 2 rings (SSSR count). The highest BCUT2D eigenvalue weighted by Gasteiger charge is 2.28. The maximum absolute atomic E-state index is 12.2. The number of carbonyl (C=O) groups excluding carboxylic acids is 1. The summed E-state index contributed by atoms with van der Waals surface area (Å²) in [7, 11) is 0. The molecular formula is C16H21N3O4. The minimum absolute atomic E-state index is 0.0130. The number of hydrogen-bond acceptors (Lipinski definition) is 5. The highest BCUT2D eigenvalue weighted by Crippen LogP contribution is 2.22. The summed E-state index contributed by atoms with van der Waals surface area (Å²) in [5, 5.41) is 14.4. The number of oxime groups is 1. The van der Waals surface area contributed by atoms with Gasteiger partial charge in [-0.15, -0.1) is 0 Å². The Morgan fingerprint density at radius 1 is 1.43 bits per heavy atom. The Kier molecular flexibility index (Phi) is 5.67. The number of nitro benzene ring substituents is 1. The van der Waals surface area contributed by atoms with Crippen molar-refractivity contribution in [1.29, 1.82) is 0 Å². The number of likely N-dealkylation sites (tertiary alicyclic amines) is 1. The molecule has 1 aliphatic heterocycles. The molecule has 23 heavy (non-hydrogen) atoms. The predicted molar refractivity (Wildman–Crippen MR) is 86.3 cm³/mol. The Balaban J connectivity index is 1.87. The van der Waals surface area contributed by atoms with Crippen LogP contribution in [0.2, 0.25) is 0 Å². The van der Waals surface area contributed by atoms with Gasteiger partial charge in [0.15, 0.2) is 6.61 Å². The molecule has 0 bridgehead atoms. The Labute approximate surface area is 135 Å². The maximum atomic E-state index is 12.2. The van der Waals surface area contributed by atoms with Crippen LogP contribution in [0.15, 0.2) is 29.4 Å². The minimum atomic E-state index is -0.471. The molecule has 1 aromatic rings. The SMILES string of the molecule is C[C@@H]1CCC[C@@H](C)N1C(=O)CO/N=C\c1cccc([N+](=O)[O-])c1. The van der Waals surface area contributed by atoms with Gasteiger partial charge >= 0.3 is 0 Å². The fraction of sp³-hybridized carbons (Fsp3) is 0.500. The number of nitro groups is 1. The quantitative estimate of drug-likeness (QED) is 0.474. The van der Waals surface area contributed by atoms with Crippen molar-refractivity contribution in [3.05, 3.63) is 39.9 Å². The van der Waals surface area contributed by atoms with Gasteiger partial charge in [0.25, 0.3) is 11.6 Å². The largest absolute Gasteiger partial charge is 0.386 e. The number of hydrogen-bond donors (Lipinski definition) is 0. The number of carbonyl (C=O) groups is 1. The summed E-state index contributed by atoms with van der Waals surface area (Å²) in [6.07, 6.45) is 4.52. The Morgan fingerprint density at radius 2 is 2.13 bits per heavy atom. The molecule has 1 saturated heterocycles. The maximum Gasteiger partial charge on any atom is 0.270 e. The fourth-order valence-corrected chi connectivity index (χ4v) is 2.90. The van der Waals surface area contributed by atoms with E-state index in [0.29, 0.717) is 5.56 Å². The van der Waals surface area contributed by atoms with E-state index in [4.69, 9.17) is 4.84 Å². The second kappa shape index (κ2) is 7.71. The van der Waals surface area contributed by atoms with E-state index in [2.05, 4.69) is 5.16 Å². The first-order valence-electron chi connectivity index (χ1n) is 7.70. The molecule has 0 spiro atoms. The van der Waals surface area contributed by atoms with Crippen LogP contribution < -0.4 is 0 Å². The lowest BCUT2D eigenvalue weighted by Crippen LogP contribution is -2.48. The van der Waals surface area contributed by atoms with Crippen LogP contribution in [0, 0.1) is 10.1 Å². The number of amides is 1. The van der Waals surface area contributed by atoms with Gasteiger partial charge in [-0.1, -0.05) is 17.3 Å². The average molecular weight is 319 g/mol. The normalized spacial score (nSPS) is 21.4. The van der Waals surface area contributed by atoms with Crippen LogP contribution in [0.25, 0.3) is 0 Å². The van der Waals surface area contributed by atoms with E-state index < -0.39 is 4.92 Å². The van der Waals surface area contributed by atoms with Gasteiger partial charge in [0.1, 0.15) is 0 Å². The lowest BCUT2D eigenvalue weighted by atomic mass is 9.97. The topological polar surface area (TPSA) is 85.0 Å². The van der Waals surface area contributed by atoms with Gasteiger partial charge in [0.05, 0.1) is 11.1 Å². The van der Waals surface area contributed by atoms with Gasteiger partial charge < -0.3 is 9.74 Å². The van der Waals surface area contributed by atoms with E-state index >= 15 is 0 Å². The Bertz CT molecular complexity index is 593. The van der Waals surface area contributed by atoms with Crippen molar-refractivity contribution in [2.45, 2.75) is 45.2 Å². The van der Waals surface area contributed by atoms with Crippen molar-refractivity contribution >= 4 is 17.8 Å². The molecule has 124 valence electrons. The summed E-state index contributed by atoms with van der Waals surface area (Å²) in [5.74, 6) is -0.0825. The average Bonchev–Trinajstić information content (AvgIpc) is 2.51. The fourth-order valence-electron chi connectivity index (χ4n) is 2.90. The molecule has 1 amide bonds. The van der Waals surface area contributed by atoms with Crippen molar-refractivity contribution in [2.24, 2.45) is 5.16 Å². The first kappa shape index (κ1) is 16.9. The van der Waals surface area contributed by atoms with Crippen molar-refractivity contribution in [3.8, 4) is 0 Å². The second-order valence-corrected chi connectivity index (χ2v) is 5.79. The molecule has 0 aromatic heterocycles. The number of benzene rings is 1. The van der Waals surface area contributed by atoms with Crippen LogP contribution in [0.4, 0.5) is 5.69 Å². The zero-order valence-electron chi connectivity index (χ0n) is 13.3. The summed E-state index contributed by atoms with van der Waals surface area (Å²) in [6.45, 7) is 3.96. The summed E-state index contributed by atoms with van der Waals surface area (Å²) in [6, 6.07) is 6.48. The lowest BCUT2D eigenvalue weighted by Gasteiger charge is -2.38. The number of non-ortho nitro benzene ring substituents is 1. The number of piperidine rings is 1. The van der Waals surface area contributed by atoms with Gasteiger partial charge in [-0.3, -0.25) is 14.9 Å². The van der Waals surface area contributed by atoms with Crippen molar-refractivity contribution in [2.75, 3.05) is 6.61 Å². The molecule has 7 nitrogen and oxygen atoms in total. The van der Waals surface area contributed by atoms with Crippen LogP contribution in [-0.2, 0) is 9.63 Å². The smallest absolute Gasteiger partial charge is 0.270 e. The number of rotatable bonds is 5. The predicted octanol–water partition coefficient (Wildman–Crippen LogP) is 2.73. The van der Waals surface area contributed by atoms with E-state index in [0.717, 1.165) is 19.3 Å². The third-order valence-electron chi connectivity index (χ3n) is 4.03. The Hall–Kier alpha value is -2.44. The molecule has 0 unspecified atom stereocenters. The highest BCUT2D eigenvalue weighted by atomic mass is 16.6. The zero-order chi connectivity index (χ0) is 16.8. The van der Waals surface area contributed by atoms with Gasteiger partial charge in [-0.25, -0.2) is 0 Å². The third kappa shape index (κ3) is 4.51. The summed E-state index contributed by atoms with van der Waals surface area (Å²) in [5.41, 5.74) is 0.535. The van der Waals surface area contributed by atoms with Crippen LogP contribution >= 0.6 is 0 Å². The van der Waals surface area contributed by atoms with Crippen LogP contribution in [-0.4, -0.2) is 40.6 Å². The lowest BCUT2D eigenvalue weighted by molar-refractivity contribution is -0.384. The van der Waals surface area contributed by atoms with E-state index in [9.17, 15) is 14.9 Å². The van der Waals surface area contributed by atoms with Gasteiger partial charge in [0.2, 0.25) is 0 Å². The van der Waals surface area contributed by atoms with E-state index in [-0.39, 0.29) is 30.3 Å². The third-order valence-corrected chi connectivity index (χ3v) is 4.03. The van der Waals surface area contributed by atoms with Crippen LogP contribution in [0.1, 0.15) is 38.7 Å². The molecule has 0 N–H and O–H groups in total. The minimum Gasteiger partial charge on any atom is -0.386 e. The first-order chi connectivity index (χ1) is 11.0. The van der Waals surface area contributed by atoms with E-state index in [1.54, 1.807) is 12.1 Å². The monoisotopic (exact) mass is 319 g/mol. The number of nitrogens with zero attached hydrogens (tertiary/aromatic N) is 3. The molecule has 0 radical (unpaired) electrons. The first-order valence-corrected chi connectivity index (χ1v) is 7.70. The molecule has 1 aliphatic rings. The molecule has 0 aliphatic carbocycles. The molecule has 1 fully saturated rings. The van der Waals surface area contributed by atoms with Crippen molar-refractivity contribution in [1.82, 2.24) is 4.90 Å². The van der Waals surface area contributed by atoms with Gasteiger partial charge in [-0.05, 0) is 33.1 Å². The molecule has 1 heterocycles. The van der Waals surface area contributed by atoms with Gasteiger partial charge in [-0.2, -0.15) is 0 Å². The van der Waals surface area contributed by atoms with Crippen molar-refractivity contribution < 1.29 is 14.6 Å². The summed E-state index contributed by atoms with van der Waals surface area (Å²) in [4.78, 5) is 29.3. The van der Waals surface area contributed by atoms with E-state index in [1.807, 2.05) is 18.7 Å². The molecule has 0 saturated carbocycles. The standard InChI is InChI=1S/C16H21N3O4/c1-12-5-3-6-13(2)18(12)16(20)11-23-17-10-14-7-4-8-15(9-14)19(21)22/h4,7-10,12-13H,3,5-6,11H2,1-2H3/b17-10-/t12-,13-/m1/s1. The van der Waals surface area contributed by atoms with Crippen LogP contribution in [0.3, 0.4) is 0 Å². The molecule has 1 aromatic carbocycles. The molecular weight excluding hydrogens is 298 g/mol. The van der Waals surface area contributed by atoms with E-state index in [1.165, 1.54) is 18.3 Å². The highest BCUT2D eigenvalue weighted by molar-refractivity contribution is 5.81.